The Morgan fingerprint density at radius 1 is 1.56 bits per heavy atom. The summed E-state index contributed by atoms with van der Waals surface area (Å²) in [7, 11) is 0. The molecule has 0 aromatic rings. The molecule has 0 bridgehead atoms. The van der Waals surface area contributed by atoms with E-state index in [9.17, 15) is 9.59 Å². The minimum absolute atomic E-state index is 0.0442. The van der Waals surface area contributed by atoms with Crippen molar-refractivity contribution in [3.63, 3.8) is 0 Å². The number of nitrogens with two attached hydrogens (primary N) is 1. The summed E-state index contributed by atoms with van der Waals surface area (Å²) >= 11 is 0. The molecule has 0 aromatic carbocycles. The fraction of sp³-hybridized carbons (Fsp3) is 0.818. The third-order valence-corrected chi connectivity index (χ3v) is 3.16. The molecule has 1 amide bonds. The van der Waals surface area contributed by atoms with Crippen LogP contribution in [0.15, 0.2) is 0 Å². The first kappa shape index (κ1) is 13.0. The molecule has 1 aliphatic rings. The number of nitrogens with one attached hydrogen (secondary N) is 1. The van der Waals surface area contributed by atoms with Gasteiger partial charge in [0.15, 0.2) is 0 Å². The van der Waals surface area contributed by atoms with Crippen molar-refractivity contribution in [2.45, 2.75) is 51.1 Å². The highest BCUT2D eigenvalue weighted by Crippen LogP contribution is 2.39. The number of carbonyl (C=O) groups excluding carboxylic acids is 1. The van der Waals surface area contributed by atoms with Gasteiger partial charge in [-0.05, 0) is 32.1 Å². The van der Waals surface area contributed by atoms with E-state index in [0.29, 0.717) is 6.42 Å². The molecule has 0 saturated heterocycles. The van der Waals surface area contributed by atoms with Gasteiger partial charge in [0.25, 0.3) is 0 Å². The van der Waals surface area contributed by atoms with E-state index in [4.69, 9.17) is 10.8 Å². The Morgan fingerprint density at radius 3 is 2.50 bits per heavy atom. The largest absolute Gasteiger partial charge is 0.480 e. The van der Waals surface area contributed by atoms with Crippen LogP contribution < -0.4 is 11.1 Å². The lowest BCUT2D eigenvalue weighted by atomic mass is 9.95. The molecule has 5 nitrogen and oxygen atoms in total. The number of carboxylic acid groups (broad SMARTS) is 1. The molecule has 1 aliphatic carbocycles. The number of carboxylic acids is 1. The zero-order valence-corrected chi connectivity index (χ0v) is 9.82. The molecule has 1 saturated carbocycles. The Labute approximate surface area is 95.4 Å². The van der Waals surface area contributed by atoms with Gasteiger partial charge in [0.1, 0.15) is 5.54 Å². The van der Waals surface area contributed by atoms with Crippen LogP contribution in [0.1, 0.15) is 39.5 Å². The lowest BCUT2D eigenvalue weighted by Gasteiger charge is -2.27. The van der Waals surface area contributed by atoms with Crippen LogP contribution >= 0.6 is 0 Å². The smallest absolute Gasteiger partial charge is 0.329 e. The van der Waals surface area contributed by atoms with E-state index in [1.807, 2.05) is 6.92 Å². The lowest BCUT2D eigenvalue weighted by Crippen LogP contribution is -2.57. The van der Waals surface area contributed by atoms with Crippen molar-refractivity contribution in [2.75, 3.05) is 0 Å². The third kappa shape index (κ3) is 2.72. The molecule has 5 heteroatoms. The minimum atomic E-state index is -1.15. The van der Waals surface area contributed by atoms with E-state index in [-0.39, 0.29) is 11.8 Å². The normalized spacial score (nSPS) is 20.9. The molecule has 92 valence electrons. The number of aliphatic carboxylic acids is 1. The second-order valence-electron chi connectivity index (χ2n) is 4.67. The minimum Gasteiger partial charge on any atom is -0.480 e. The number of rotatable bonds is 6. The summed E-state index contributed by atoms with van der Waals surface area (Å²) in [5, 5.41) is 11.7. The second-order valence-corrected chi connectivity index (χ2v) is 4.67. The molecule has 0 aliphatic heterocycles. The van der Waals surface area contributed by atoms with Crippen LogP contribution in [0.5, 0.6) is 0 Å². The monoisotopic (exact) mass is 228 g/mol. The van der Waals surface area contributed by atoms with E-state index >= 15 is 0 Å². The van der Waals surface area contributed by atoms with Gasteiger partial charge >= 0.3 is 5.97 Å². The summed E-state index contributed by atoms with van der Waals surface area (Å²) in [6, 6.07) is -0.609. The van der Waals surface area contributed by atoms with Crippen molar-refractivity contribution in [2.24, 2.45) is 11.7 Å². The average molecular weight is 228 g/mol. The van der Waals surface area contributed by atoms with Crippen molar-refractivity contribution in [1.82, 2.24) is 5.32 Å². The van der Waals surface area contributed by atoms with Crippen molar-refractivity contribution in [1.29, 1.82) is 0 Å². The Hall–Kier alpha value is -1.10. The highest BCUT2D eigenvalue weighted by Gasteiger charge is 2.48. The van der Waals surface area contributed by atoms with Crippen molar-refractivity contribution < 1.29 is 14.7 Å². The van der Waals surface area contributed by atoms with Gasteiger partial charge in [0.05, 0.1) is 6.04 Å². The molecular formula is C11H20N2O3. The predicted octanol–water partition coefficient (Wildman–Crippen LogP) is 0.483. The van der Waals surface area contributed by atoms with E-state index in [0.717, 1.165) is 19.3 Å². The summed E-state index contributed by atoms with van der Waals surface area (Å²) in [5.74, 6) is -1.30. The van der Waals surface area contributed by atoms with E-state index in [1.54, 1.807) is 6.92 Å². The quantitative estimate of drug-likeness (QED) is 0.616. The summed E-state index contributed by atoms with van der Waals surface area (Å²) in [6.45, 7) is 3.49. The number of carbonyl (C=O) groups is 2. The number of hydrogen-bond donors (Lipinski definition) is 3. The van der Waals surface area contributed by atoms with Gasteiger partial charge in [-0.3, -0.25) is 4.79 Å². The SMILES string of the molecule is CCC[C@@H](N)C(=O)NC(C)(C(=O)O)C1CC1. The first-order valence-electron chi connectivity index (χ1n) is 5.72. The van der Waals surface area contributed by atoms with Gasteiger partial charge in [-0.15, -0.1) is 0 Å². The summed E-state index contributed by atoms with van der Waals surface area (Å²) in [4.78, 5) is 22.8. The maximum absolute atomic E-state index is 11.7. The van der Waals surface area contributed by atoms with Crippen LogP contribution in [-0.4, -0.2) is 28.6 Å². The van der Waals surface area contributed by atoms with Gasteiger partial charge in [0.2, 0.25) is 5.91 Å². The second kappa shape index (κ2) is 4.82. The average Bonchev–Trinajstić information content (AvgIpc) is 3.00. The van der Waals surface area contributed by atoms with Gasteiger partial charge in [-0.25, -0.2) is 4.79 Å². The Balaban J connectivity index is 2.62. The van der Waals surface area contributed by atoms with Crippen LogP contribution in [0.4, 0.5) is 0 Å². The fourth-order valence-corrected chi connectivity index (χ4v) is 1.78. The Morgan fingerprint density at radius 2 is 2.12 bits per heavy atom. The third-order valence-electron chi connectivity index (χ3n) is 3.16. The van der Waals surface area contributed by atoms with Gasteiger partial charge < -0.3 is 16.2 Å². The molecular weight excluding hydrogens is 208 g/mol. The Kier molecular flexibility index (Phi) is 3.91. The molecule has 1 rings (SSSR count). The standard InChI is InChI=1S/C11H20N2O3/c1-3-4-8(12)9(14)13-11(2,10(15)16)7-5-6-7/h7-8H,3-6,12H2,1-2H3,(H,13,14)(H,15,16)/t8-,11?/m1/s1. The van der Waals surface area contributed by atoms with E-state index in [1.165, 1.54) is 0 Å². The zero-order valence-electron chi connectivity index (χ0n) is 9.82. The first-order chi connectivity index (χ1) is 7.41. The first-order valence-corrected chi connectivity index (χ1v) is 5.72. The summed E-state index contributed by atoms with van der Waals surface area (Å²) < 4.78 is 0. The molecule has 16 heavy (non-hydrogen) atoms. The zero-order chi connectivity index (χ0) is 12.3. The molecule has 1 fully saturated rings. The summed E-state index contributed by atoms with van der Waals surface area (Å²) in [6.07, 6.45) is 3.09. The van der Waals surface area contributed by atoms with Crippen molar-refractivity contribution in [3.05, 3.63) is 0 Å². The van der Waals surface area contributed by atoms with Crippen LogP contribution in [0.2, 0.25) is 0 Å². The van der Waals surface area contributed by atoms with E-state index < -0.39 is 17.6 Å². The molecule has 1 unspecified atom stereocenters. The van der Waals surface area contributed by atoms with Crippen LogP contribution in [0, 0.1) is 5.92 Å². The van der Waals surface area contributed by atoms with Gasteiger partial charge in [-0.1, -0.05) is 13.3 Å². The fourth-order valence-electron chi connectivity index (χ4n) is 1.78. The molecule has 0 spiro atoms. The predicted molar refractivity (Wildman–Crippen MR) is 59.8 cm³/mol. The van der Waals surface area contributed by atoms with Crippen molar-refractivity contribution >= 4 is 11.9 Å². The molecule has 2 atom stereocenters. The van der Waals surface area contributed by atoms with Gasteiger partial charge in [0, 0.05) is 0 Å². The molecule has 4 N–H and O–H groups in total. The maximum Gasteiger partial charge on any atom is 0.329 e. The maximum atomic E-state index is 11.7. The van der Waals surface area contributed by atoms with Gasteiger partial charge in [-0.2, -0.15) is 0 Å². The lowest BCUT2D eigenvalue weighted by molar-refractivity contribution is -0.148. The van der Waals surface area contributed by atoms with Crippen molar-refractivity contribution in [3.8, 4) is 0 Å². The van der Waals surface area contributed by atoms with Crippen LogP contribution in [0.25, 0.3) is 0 Å². The highest BCUT2D eigenvalue weighted by atomic mass is 16.4. The highest BCUT2D eigenvalue weighted by molar-refractivity contribution is 5.89. The number of hydrogen-bond acceptors (Lipinski definition) is 3. The topological polar surface area (TPSA) is 92.4 Å². The van der Waals surface area contributed by atoms with Crippen LogP contribution in [-0.2, 0) is 9.59 Å². The molecule has 0 aromatic heterocycles. The van der Waals surface area contributed by atoms with Crippen LogP contribution in [0.3, 0.4) is 0 Å². The van der Waals surface area contributed by atoms with E-state index in [2.05, 4.69) is 5.32 Å². The molecule has 0 heterocycles. The number of amides is 1. The summed E-state index contributed by atoms with van der Waals surface area (Å²) in [5.41, 5.74) is 4.50. The Bertz CT molecular complexity index is 289. The molecule has 0 radical (unpaired) electrons.